The van der Waals surface area contributed by atoms with Crippen molar-refractivity contribution in [2.45, 2.75) is 12.5 Å². The molecule has 0 amide bonds. The predicted octanol–water partition coefficient (Wildman–Crippen LogP) is 2.96. The van der Waals surface area contributed by atoms with Gasteiger partial charge in [0.2, 0.25) is 0 Å². The van der Waals surface area contributed by atoms with E-state index in [-0.39, 0.29) is 12.7 Å². The molecule has 0 bridgehead atoms. The zero-order valence-electron chi connectivity index (χ0n) is 11.8. The third kappa shape index (κ3) is 2.09. The fraction of sp³-hybridized carbons (Fsp3) is 0.333. The molecule has 2 aromatic carbocycles. The van der Waals surface area contributed by atoms with Crippen molar-refractivity contribution >= 4 is 0 Å². The Labute approximate surface area is 124 Å². The SMILES string of the molecule is OCCc1cc2c(c(C3COCCO3)c1)-c1ccccc1-2. The third-order valence-corrected chi connectivity index (χ3v) is 4.28. The molecule has 1 N–H and O–H groups in total. The smallest absolute Gasteiger partial charge is 0.107 e. The van der Waals surface area contributed by atoms with E-state index in [9.17, 15) is 5.11 Å². The number of fused-ring (bicyclic) bond motifs is 4. The van der Waals surface area contributed by atoms with Gasteiger partial charge in [-0.3, -0.25) is 0 Å². The molecule has 2 aliphatic rings. The Bertz CT molecular complexity index is 672. The van der Waals surface area contributed by atoms with Crippen molar-refractivity contribution in [1.29, 1.82) is 0 Å². The molecule has 3 heteroatoms. The van der Waals surface area contributed by atoms with Crippen LogP contribution in [-0.2, 0) is 15.9 Å². The van der Waals surface area contributed by atoms with Crippen LogP contribution >= 0.6 is 0 Å². The van der Waals surface area contributed by atoms with E-state index in [0.717, 1.165) is 5.56 Å². The molecule has 1 saturated heterocycles. The summed E-state index contributed by atoms with van der Waals surface area (Å²) in [5.74, 6) is 0. The van der Waals surface area contributed by atoms with Crippen LogP contribution < -0.4 is 0 Å². The highest BCUT2D eigenvalue weighted by molar-refractivity contribution is 6.04. The summed E-state index contributed by atoms with van der Waals surface area (Å²) in [5.41, 5.74) is 7.53. The predicted molar refractivity (Wildman–Crippen MR) is 81.2 cm³/mol. The summed E-state index contributed by atoms with van der Waals surface area (Å²) in [6.45, 7) is 2.09. The molecule has 1 atom stereocenters. The van der Waals surface area contributed by atoms with E-state index in [0.29, 0.717) is 26.2 Å². The van der Waals surface area contributed by atoms with Crippen molar-refractivity contribution in [2.75, 3.05) is 26.4 Å². The maximum absolute atomic E-state index is 9.24. The summed E-state index contributed by atoms with van der Waals surface area (Å²) in [7, 11) is 0. The molecule has 0 saturated carbocycles. The quantitative estimate of drug-likeness (QED) is 0.802. The van der Waals surface area contributed by atoms with Crippen molar-refractivity contribution in [3.8, 4) is 22.3 Å². The van der Waals surface area contributed by atoms with E-state index in [1.165, 1.54) is 27.8 Å². The molecule has 108 valence electrons. The van der Waals surface area contributed by atoms with Crippen LogP contribution in [0.15, 0.2) is 36.4 Å². The van der Waals surface area contributed by atoms with Gasteiger partial charge in [0.25, 0.3) is 0 Å². The Morgan fingerprint density at radius 3 is 2.67 bits per heavy atom. The number of hydrogen-bond acceptors (Lipinski definition) is 3. The number of rotatable bonds is 3. The van der Waals surface area contributed by atoms with Crippen LogP contribution in [0.25, 0.3) is 22.3 Å². The van der Waals surface area contributed by atoms with Crippen molar-refractivity contribution in [1.82, 2.24) is 0 Å². The number of aliphatic hydroxyl groups is 1. The Morgan fingerprint density at radius 1 is 1.05 bits per heavy atom. The average Bonchev–Trinajstić information content (AvgIpc) is 2.53. The highest BCUT2D eigenvalue weighted by Crippen LogP contribution is 2.51. The average molecular weight is 282 g/mol. The highest BCUT2D eigenvalue weighted by Gasteiger charge is 2.30. The van der Waals surface area contributed by atoms with Gasteiger partial charge in [-0.2, -0.15) is 0 Å². The molecule has 0 spiro atoms. The van der Waals surface area contributed by atoms with E-state index >= 15 is 0 Å². The van der Waals surface area contributed by atoms with Gasteiger partial charge in [-0.1, -0.05) is 36.4 Å². The Morgan fingerprint density at radius 2 is 1.90 bits per heavy atom. The Balaban J connectivity index is 1.82. The molecule has 1 fully saturated rings. The van der Waals surface area contributed by atoms with Crippen molar-refractivity contribution in [3.63, 3.8) is 0 Å². The fourth-order valence-corrected chi connectivity index (χ4v) is 3.31. The van der Waals surface area contributed by atoms with Gasteiger partial charge in [0.1, 0.15) is 6.10 Å². The van der Waals surface area contributed by atoms with Crippen molar-refractivity contribution in [3.05, 3.63) is 47.5 Å². The van der Waals surface area contributed by atoms with Crippen LogP contribution in [0.1, 0.15) is 17.2 Å². The number of ether oxygens (including phenoxy) is 2. The largest absolute Gasteiger partial charge is 0.396 e. The second kappa shape index (κ2) is 5.26. The fourth-order valence-electron chi connectivity index (χ4n) is 3.31. The van der Waals surface area contributed by atoms with Gasteiger partial charge in [-0.25, -0.2) is 0 Å². The lowest BCUT2D eigenvalue weighted by Crippen LogP contribution is -2.23. The monoisotopic (exact) mass is 282 g/mol. The lowest BCUT2D eigenvalue weighted by Gasteiger charge is -2.32. The van der Waals surface area contributed by atoms with Crippen LogP contribution in [0.5, 0.6) is 0 Å². The molecule has 4 rings (SSSR count). The molecule has 1 unspecified atom stereocenters. The van der Waals surface area contributed by atoms with Gasteiger partial charge in [-0.15, -0.1) is 0 Å². The molecule has 21 heavy (non-hydrogen) atoms. The molecule has 0 aromatic heterocycles. The minimum atomic E-state index is -0.000464. The summed E-state index contributed by atoms with van der Waals surface area (Å²) in [6, 6.07) is 12.8. The Hall–Kier alpha value is -1.68. The first kappa shape index (κ1) is 13.0. The summed E-state index contributed by atoms with van der Waals surface area (Å²) >= 11 is 0. The van der Waals surface area contributed by atoms with E-state index in [1.54, 1.807) is 0 Å². The lowest BCUT2D eigenvalue weighted by molar-refractivity contribution is -0.0899. The molecule has 2 aromatic rings. The maximum Gasteiger partial charge on any atom is 0.107 e. The first-order chi connectivity index (χ1) is 10.4. The summed E-state index contributed by atoms with van der Waals surface area (Å²) < 4.78 is 11.5. The standard InChI is InChI=1S/C18H18O3/c19-6-5-12-9-15-13-3-1-2-4-14(13)18(15)16(10-12)17-11-20-7-8-21-17/h1-4,9-10,17,19H,5-8,11H2. The van der Waals surface area contributed by atoms with E-state index in [2.05, 4.69) is 36.4 Å². The first-order valence-electron chi connectivity index (χ1n) is 7.45. The van der Waals surface area contributed by atoms with E-state index in [4.69, 9.17) is 9.47 Å². The highest BCUT2D eigenvalue weighted by atomic mass is 16.6. The van der Waals surface area contributed by atoms with Crippen LogP contribution in [0, 0.1) is 0 Å². The lowest BCUT2D eigenvalue weighted by atomic mass is 9.75. The number of benzene rings is 2. The van der Waals surface area contributed by atoms with Crippen LogP contribution in [0.3, 0.4) is 0 Å². The van der Waals surface area contributed by atoms with Crippen LogP contribution in [-0.4, -0.2) is 31.5 Å². The first-order valence-corrected chi connectivity index (χ1v) is 7.45. The molecule has 1 aliphatic carbocycles. The van der Waals surface area contributed by atoms with Crippen LogP contribution in [0.4, 0.5) is 0 Å². The van der Waals surface area contributed by atoms with Crippen molar-refractivity contribution in [2.24, 2.45) is 0 Å². The molecular formula is C18H18O3. The molecule has 1 heterocycles. The zero-order chi connectivity index (χ0) is 14.2. The maximum atomic E-state index is 9.24. The minimum absolute atomic E-state index is 0.000464. The van der Waals surface area contributed by atoms with E-state index < -0.39 is 0 Å². The van der Waals surface area contributed by atoms with Gasteiger partial charge in [-0.05, 0) is 39.8 Å². The molecular weight excluding hydrogens is 264 g/mol. The third-order valence-electron chi connectivity index (χ3n) is 4.28. The zero-order valence-corrected chi connectivity index (χ0v) is 11.8. The minimum Gasteiger partial charge on any atom is -0.396 e. The van der Waals surface area contributed by atoms with E-state index in [1.807, 2.05) is 0 Å². The molecule has 1 aliphatic heterocycles. The van der Waals surface area contributed by atoms with Gasteiger partial charge in [0.05, 0.1) is 19.8 Å². The second-order valence-corrected chi connectivity index (χ2v) is 5.56. The van der Waals surface area contributed by atoms with Gasteiger partial charge in [0, 0.05) is 6.61 Å². The summed E-state index contributed by atoms with van der Waals surface area (Å²) in [5, 5.41) is 9.24. The van der Waals surface area contributed by atoms with Crippen LogP contribution in [0.2, 0.25) is 0 Å². The van der Waals surface area contributed by atoms with Crippen molar-refractivity contribution < 1.29 is 14.6 Å². The normalized spacial score (nSPS) is 19.6. The Kier molecular flexibility index (Phi) is 3.26. The summed E-state index contributed by atoms with van der Waals surface area (Å²) in [4.78, 5) is 0. The topological polar surface area (TPSA) is 38.7 Å². The number of hydrogen-bond donors (Lipinski definition) is 1. The van der Waals surface area contributed by atoms with Gasteiger partial charge in [0.15, 0.2) is 0 Å². The van der Waals surface area contributed by atoms with Gasteiger partial charge >= 0.3 is 0 Å². The number of aliphatic hydroxyl groups excluding tert-OH is 1. The summed E-state index contributed by atoms with van der Waals surface area (Å²) in [6.07, 6.45) is 0.676. The molecule has 3 nitrogen and oxygen atoms in total. The molecule has 0 radical (unpaired) electrons. The van der Waals surface area contributed by atoms with Gasteiger partial charge < -0.3 is 14.6 Å². The second-order valence-electron chi connectivity index (χ2n) is 5.56.